The molecule has 0 radical (unpaired) electrons. The van der Waals surface area contributed by atoms with Gasteiger partial charge in [0, 0.05) is 13.1 Å². The van der Waals surface area contributed by atoms with E-state index in [1.807, 2.05) is 4.90 Å². The monoisotopic (exact) mass is 277 g/mol. The smallest absolute Gasteiger partial charge is 0.228 e. The standard InChI is InChI=1S/C17H27NO2/c1-11-2-3-18(10-15(11)19)16(20)17-7-12-4-13(8-17)6-14(5-12)9-17/h11-15,19H,2-10H2,1H3. The first-order valence-corrected chi connectivity index (χ1v) is 8.53. The summed E-state index contributed by atoms with van der Waals surface area (Å²) < 4.78 is 0. The maximum atomic E-state index is 13.1. The lowest BCUT2D eigenvalue weighted by Crippen LogP contribution is -2.57. The van der Waals surface area contributed by atoms with E-state index >= 15 is 0 Å². The zero-order valence-electron chi connectivity index (χ0n) is 12.6. The van der Waals surface area contributed by atoms with Crippen LogP contribution in [0.5, 0.6) is 0 Å². The number of β-amino-alcohol motifs (C(OH)–C–C–N with tert-alkyl or cyclic N) is 1. The molecule has 0 spiro atoms. The van der Waals surface area contributed by atoms with Gasteiger partial charge in [-0.25, -0.2) is 0 Å². The molecular weight excluding hydrogens is 250 g/mol. The molecule has 2 unspecified atom stereocenters. The molecule has 1 aliphatic heterocycles. The molecule has 0 aromatic heterocycles. The van der Waals surface area contributed by atoms with Crippen LogP contribution in [0.3, 0.4) is 0 Å². The highest BCUT2D eigenvalue weighted by Gasteiger charge is 2.55. The van der Waals surface area contributed by atoms with Gasteiger partial charge in [0.05, 0.1) is 11.5 Å². The number of piperidine rings is 1. The SMILES string of the molecule is CC1CCN(C(=O)C23CC4CC(CC(C4)C2)C3)CC1O. The number of carbonyl (C=O) groups excluding carboxylic acids is 1. The van der Waals surface area contributed by atoms with Crippen molar-refractivity contribution in [2.24, 2.45) is 29.1 Å². The summed E-state index contributed by atoms with van der Waals surface area (Å²) in [4.78, 5) is 15.1. The summed E-state index contributed by atoms with van der Waals surface area (Å²) in [7, 11) is 0. The minimum atomic E-state index is -0.318. The number of hydrogen-bond acceptors (Lipinski definition) is 2. The Kier molecular flexibility index (Phi) is 2.93. The Hall–Kier alpha value is -0.570. The number of nitrogens with zero attached hydrogens (tertiary/aromatic N) is 1. The highest BCUT2D eigenvalue weighted by molar-refractivity contribution is 5.83. The van der Waals surface area contributed by atoms with Crippen LogP contribution in [0.4, 0.5) is 0 Å². The van der Waals surface area contributed by atoms with Gasteiger partial charge in [-0.3, -0.25) is 4.79 Å². The normalized spacial score (nSPS) is 50.5. The van der Waals surface area contributed by atoms with E-state index in [0.717, 1.165) is 50.0 Å². The van der Waals surface area contributed by atoms with Crippen LogP contribution in [-0.2, 0) is 4.79 Å². The number of likely N-dealkylation sites (tertiary alicyclic amines) is 1. The van der Waals surface area contributed by atoms with Crippen molar-refractivity contribution in [2.75, 3.05) is 13.1 Å². The predicted molar refractivity (Wildman–Crippen MR) is 77.0 cm³/mol. The summed E-state index contributed by atoms with van der Waals surface area (Å²) in [6.45, 7) is 3.53. The number of hydrogen-bond donors (Lipinski definition) is 1. The Morgan fingerprint density at radius 1 is 1.10 bits per heavy atom. The lowest BCUT2D eigenvalue weighted by molar-refractivity contribution is -0.161. The van der Waals surface area contributed by atoms with Gasteiger partial charge in [0.25, 0.3) is 0 Å². The van der Waals surface area contributed by atoms with Gasteiger partial charge in [-0.05, 0) is 68.6 Å². The van der Waals surface area contributed by atoms with Crippen molar-refractivity contribution in [2.45, 2.75) is 58.0 Å². The summed E-state index contributed by atoms with van der Waals surface area (Å²) in [6.07, 6.45) is 8.20. The second kappa shape index (κ2) is 4.46. The molecule has 1 saturated heterocycles. The van der Waals surface area contributed by atoms with Crippen LogP contribution in [0.15, 0.2) is 0 Å². The third-order valence-corrected chi connectivity index (χ3v) is 6.70. The van der Waals surface area contributed by atoms with Crippen molar-refractivity contribution in [1.29, 1.82) is 0 Å². The lowest BCUT2D eigenvalue weighted by Gasteiger charge is -2.57. The molecule has 4 bridgehead atoms. The third kappa shape index (κ3) is 1.93. The fourth-order valence-corrected chi connectivity index (χ4v) is 5.94. The Bertz CT molecular complexity index is 384. The van der Waals surface area contributed by atoms with E-state index in [1.165, 1.54) is 19.3 Å². The maximum Gasteiger partial charge on any atom is 0.228 e. The van der Waals surface area contributed by atoms with Crippen molar-refractivity contribution in [3.05, 3.63) is 0 Å². The first-order valence-electron chi connectivity index (χ1n) is 8.53. The summed E-state index contributed by atoms with van der Waals surface area (Å²) in [5, 5.41) is 10.1. The van der Waals surface area contributed by atoms with Gasteiger partial charge in [0.1, 0.15) is 0 Å². The molecule has 1 heterocycles. The minimum absolute atomic E-state index is 0.0327. The summed E-state index contributed by atoms with van der Waals surface area (Å²) >= 11 is 0. The molecule has 3 nitrogen and oxygen atoms in total. The molecule has 20 heavy (non-hydrogen) atoms. The van der Waals surface area contributed by atoms with Gasteiger partial charge in [-0.15, -0.1) is 0 Å². The van der Waals surface area contributed by atoms with E-state index in [0.29, 0.717) is 18.4 Å². The first-order chi connectivity index (χ1) is 9.56. The lowest BCUT2D eigenvalue weighted by atomic mass is 9.49. The average Bonchev–Trinajstić information content (AvgIpc) is 2.39. The van der Waals surface area contributed by atoms with Gasteiger partial charge in [0.15, 0.2) is 0 Å². The van der Waals surface area contributed by atoms with E-state index < -0.39 is 0 Å². The second-order valence-electron chi connectivity index (χ2n) is 8.28. The van der Waals surface area contributed by atoms with Gasteiger partial charge in [0.2, 0.25) is 5.91 Å². The number of carbonyl (C=O) groups is 1. The molecule has 0 aromatic carbocycles. The minimum Gasteiger partial charge on any atom is -0.391 e. The zero-order chi connectivity index (χ0) is 13.9. The molecule has 5 aliphatic rings. The Labute approximate surface area is 121 Å². The van der Waals surface area contributed by atoms with Gasteiger partial charge in [-0.1, -0.05) is 6.92 Å². The molecule has 5 fully saturated rings. The van der Waals surface area contributed by atoms with Crippen molar-refractivity contribution < 1.29 is 9.90 Å². The van der Waals surface area contributed by atoms with Crippen LogP contribution in [0, 0.1) is 29.1 Å². The summed E-state index contributed by atoms with van der Waals surface area (Å²) in [6, 6.07) is 0. The predicted octanol–water partition coefficient (Wildman–Crippen LogP) is 2.43. The maximum absolute atomic E-state index is 13.1. The zero-order valence-corrected chi connectivity index (χ0v) is 12.6. The van der Waals surface area contributed by atoms with E-state index in [4.69, 9.17) is 0 Å². The summed E-state index contributed by atoms with van der Waals surface area (Å²) in [5.41, 5.74) is -0.0327. The molecule has 4 aliphatic carbocycles. The van der Waals surface area contributed by atoms with E-state index in [2.05, 4.69) is 6.92 Å². The summed E-state index contributed by atoms with van der Waals surface area (Å²) in [5.74, 6) is 3.19. The molecule has 2 atom stereocenters. The molecule has 3 heteroatoms. The van der Waals surface area contributed by atoms with Gasteiger partial charge >= 0.3 is 0 Å². The van der Waals surface area contributed by atoms with E-state index in [-0.39, 0.29) is 11.5 Å². The Morgan fingerprint density at radius 2 is 1.65 bits per heavy atom. The van der Waals surface area contributed by atoms with Crippen molar-refractivity contribution in [3.8, 4) is 0 Å². The van der Waals surface area contributed by atoms with E-state index in [1.54, 1.807) is 0 Å². The van der Waals surface area contributed by atoms with Gasteiger partial charge in [-0.2, -0.15) is 0 Å². The number of rotatable bonds is 1. The molecule has 112 valence electrons. The molecule has 1 amide bonds. The topological polar surface area (TPSA) is 40.5 Å². The largest absolute Gasteiger partial charge is 0.391 e. The molecule has 1 N–H and O–H groups in total. The van der Waals surface area contributed by atoms with Gasteiger partial charge < -0.3 is 10.0 Å². The Balaban J connectivity index is 1.53. The number of aliphatic hydroxyl groups is 1. The van der Waals surface area contributed by atoms with Crippen LogP contribution >= 0.6 is 0 Å². The Morgan fingerprint density at radius 3 is 2.15 bits per heavy atom. The van der Waals surface area contributed by atoms with Crippen molar-refractivity contribution in [1.82, 2.24) is 4.90 Å². The van der Waals surface area contributed by atoms with Crippen LogP contribution in [-0.4, -0.2) is 35.1 Å². The quantitative estimate of drug-likeness (QED) is 0.799. The fraction of sp³-hybridized carbons (Fsp3) is 0.941. The molecule has 4 saturated carbocycles. The molecular formula is C17H27NO2. The second-order valence-corrected chi connectivity index (χ2v) is 8.28. The molecule has 5 rings (SSSR count). The van der Waals surface area contributed by atoms with Crippen LogP contribution < -0.4 is 0 Å². The van der Waals surface area contributed by atoms with Crippen molar-refractivity contribution in [3.63, 3.8) is 0 Å². The average molecular weight is 277 g/mol. The van der Waals surface area contributed by atoms with Crippen molar-refractivity contribution >= 4 is 5.91 Å². The van der Waals surface area contributed by atoms with Crippen LogP contribution in [0.25, 0.3) is 0 Å². The number of amides is 1. The molecule has 0 aromatic rings. The fourth-order valence-electron chi connectivity index (χ4n) is 5.94. The third-order valence-electron chi connectivity index (χ3n) is 6.70. The van der Waals surface area contributed by atoms with Crippen LogP contribution in [0.2, 0.25) is 0 Å². The highest BCUT2D eigenvalue weighted by Crippen LogP contribution is 2.60. The van der Waals surface area contributed by atoms with E-state index in [9.17, 15) is 9.90 Å². The first kappa shape index (κ1) is 13.1. The number of aliphatic hydroxyl groups excluding tert-OH is 1. The van der Waals surface area contributed by atoms with Crippen LogP contribution in [0.1, 0.15) is 51.9 Å². The highest BCUT2D eigenvalue weighted by atomic mass is 16.3.